The first-order chi connectivity index (χ1) is 8.87. The molecule has 0 N–H and O–H groups in total. The third-order valence-electron chi connectivity index (χ3n) is 2.19. The Morgan fingerprint density at radius 2 is 1.95 bits per heavy atom. The van der Waals surface area contributed by atoms with Gasteiger partial charge in [0.2, 0.25) is 0 Å². The molecule has 0 unspecified atom stereocenters. The Kier molecular flexibility index (Phi) is 3.57. The summed E-state index contributed by atoms with van der Waals surface area (Å²) in [5, 5.41) is 0.444. The van der Waals surface area contributed by atoms with Crippen LogP contribution in [0.25, 0.3) is 11.5 Å². The van der Waals surface area contributed by atoms with E-state index in [1.807, 2.05) is 20.8 Å². The van der Waals surface area contributed by atoms with Crippen molar-refractivity contribution >= 4 is 17.7 Å². The fourth-order valence-electron chi connectivity index (χ4n) is 1.48. The van der Waals surface area contributed by atoms with Crippen LogP contribution in [0.15, 0.2) is 30.7 Å². The zero-order chi connectivity index (χ0) is 14.0. The summed E-state index contributed by atoms with van der Waals surface area (Å²) in [4.78, 5) is 20.2. The molecular formula is C13H14ClN3O2. The highest BCUT2D eigenvalue weighted by Crippen LogP contribution is 2.18. The Morgan fingerprint density at radius 1 is 1.32 bits per heavy atom. The van der Waals surface area contributed by atoms with Crippen LogP contribution in [-0.4, -0.2) is 26.2 Å². The van der Waals surface area contributed by atoms with Gasteiger partial charge in [0.25, 0.3) is 0 Å². The van der Waals surface area contributed by atoms with E-state index in [4.69, 9.17) is 16.3 Å². The van der Waals surface area contributed by atoms with E-state index in [9.17, 15) is 4.79 Å². The molecule has 0 aliphatic carbocycles. The monoisotopic (exact) mass is 279 g/mol. The third kappa shape index (κ3) is 3.32. The maximum atomic E-state index is 12.0. The summed E-state index contributed by atoms with van der Waals surface area (Å²) in [7, 11) is 0. The molecule has 0 aliphatic rings. The van der Waals surface area contributed by atoms with Crippen LogP contribution in [0.3, 0.4) is 0 Å². The predicted octanol–water partition coefficient (Wildman–Crippen LogP) is 3.38. The minimum Gasteiger partial charge on any atom is -0.443 e. The number of hydrogen-bond acceptors (Lipinski definition) is 4. The number of carbonyl (C=O) groups excluding carboxylic acids is 1. The van der Waals surface area contributed by atoms with Gasteiger partial charge in [-0.3, -0.25) is 0 Å². The van der Waals surface area contributed by atoms with Crippen molar-refractivity contribution in [3.8, 4) is 11.5 Å². The molecule has 0 radical (unpaired) electrons. The maximum Gasteiger partial charge on any atom is 0.419 e. The average molecular weight is 280 g/mol. The Morgan fingerprint density at radius 3 is 2.53 bits per heavy atom. The molecule has 100 valence electrons. The standard InChI is InChI=1S/C13H14ClN3O2/c1-13(2,3)19-12(18)17-6-4-5-10(17)11-15-7-9(14)8-16-11/h4-8H,1-3H3. The van der Waals surface area contributed by atoms with E-state index in [0.29, 0.717) is 16.5 Å². The maximum absolute atomic E-state index is 12.0. The van der Waals surface area contributed by atoms with Crippen LogP contribution < -0.4 is 0 Å². The molecule has 0 fully saturated rings. The van der Waals surface area contributed by atoms with Crippen molar-refractivity contribution in [2.75, 3.05) is 0 Å². The summed E-state index contributed by atoms with van der Waals surface area (Å²) < 4.78 is 6.68. The van der Waals surface area contributed by atoms with Crippen molar-refractivity contribution < 1.29 is 9.53 Å². The van der Waals surface area contributed by atoms with E-state index in [-0.39, 0.29) is 0 Å². The van der Waals surface area contributed by atoms with Crippen molar-refractivity contribution in [3.05, 3.63) is 35.7 Å². The fraction of sp³-hybridized carbons (Fsp3) is 0.308. The second-order valence-corrected chi connectivity index (χ2v) is 5.41. The molecule has 0 saturated carbocycles. The van der Waals surface area contributed by atoms with E-state index in [2.05, 4.69) is 9.97 Å². The molecule has 0 saturated heterocycles. The first kappa shape index (κ1) is 13.5. The van der Waals surface area contributed by atoms with Crippen LogP contribution in [0, 0.1) is 0 Å². The minimum atomic E-state index is -0.556. The smallest absolute Gasteiger partial charge is 0.419 e. The molecule has 5 nitrogen and oxygen atoms in total. The van der Waals surface area contributed by atoms with Gasteiger partial charge in [0, 0.05) is 18.6 Å². The van der Waals surface area contributed by atoms with Gasteiger partial charge >= 0.3 is 6.09 Å². The number of hydrogen-bond donors (Lipinski definition) is 0. The number of halogens is 1. The average Bonchev–Trinajstić information content (AvgIpc) is 2.76. The number of carbonyl (C=O) groups is 1. The normalized spacial score (nSPS) is 11.4. The van der Waals surface area contributed by atoms with Crippen molar-refractivity contribution in [2.24, 2.45) is 0 Å². The molecule has 0 aromatic carbocycles. The molecule has 0 atom stereocenters. The molecule has 2 rings (SSSR count). The number of rotatable bonds is 1. The molecule has 2 aromatic heterocycles. The molecule has 19 heavy (non-hydrogen) atoms. The van der Waals surface area contributed by atoms with E-state index >= 15 is 0 Å². The zero-order valence-electron chi connectivity index (χ0n) is 10.9. The van der Waals surface area contributed by atoms with Crippen LogP contribution in [-0.2, 0) is 4.74 Å². The van der Waals surface area contributed by atoms with Gasteiger partial charge in [-0.25, -0.2) is 19.3 Å². The van der Waals surface area contributed by atoms with E-state index in [0.717, 1.165) is 0 Å². The molecule has 6 heteroatoms. The first-order valence-corrected chi connectivity index (χ1v) is 6.13. The van der Waals surface area contributed by atoms with Crippen molar-refractivity contribution in [1.29, 1.82) is 0 Å². The van der Waals surface area contributed by atoms with Gasteiger partial charge in [0.1, 0.15) is 5.60 Å². The van der Waals surface area contributed by atoms with Crippen molar-refractivity contribution in [1.82, 2.24) is 14.5 Å². The Balaban J connectivity index is 2.32. The van der Waals surface area contributed by atoms with Crippen LogP contribution in [0.4, 0.5) is 4.79 Å². The SMILES string of the molecule is CC(C)(C)OC(=O)n1cccc1-c1ncc(Cl)cn1. The molecule has 0 spiro atoms. The topological polar surface area (TPSA) is 57.0 Å². The van der Waals surface area contributed by atoms with Crippen LogP contribution >= 0.6 is 11.6 Å². The second-order valence-electron chi connectivity index (χ2n) is 4.97. The van der Waals surface area contributed by atoms with Gasteiger partial charge in [-0.2, -0.15) is 0 Å². The largest absolute Gasteiger partial charge is 0.443 e. The van der Waals surface area contributed by atoms with E-state index in [1.54, 1.807) is 18.3 Å². The predicted molar refractivity (Wildman–Crippen MR) is 72.1 cm³/mol. The van der Waals surface area contributed by atoms with Gasteiger partial charge < -0.3 is 4.74 Å². The lowest BCUT2D eigenvalue weighted by molar-refractivity contribution is 0.0540. The van der Waals surface area contributed by atoms with Gasteiger partial charge in [0.15, 0.2) is 5.82 Å². The molecule has 0 amide bonds. The first-order valence-electron chi connectivity index (χ1n) is 5.75. The highest BCUT2D eigenvalue weighted by atomic mass is 35.5. The van der Waals surface area contributed by atoms with Gasteiger partial charge in [-0.1, -0.05) is 11.6 Å². The third-order valence-corrected chi connectivity index (χ3v) is 2.38. The summed E-state index contributed by atoms with van der Waals surface area (Å²) in [5.41, 5.74) is 0.00496. The molecule has 2 aromatic rings. The second kappa shape index (κ2) is 5.01. The van der Waals surface area contributed by atoms with E-state index in [1.165, 1.54) is 17.0 Å². The zero-order valence-corrected chi connectivity index (χ0v) is 11.7. The number of nitrogens with zero attached hydrogens (tertiary/aromatic N) is 3. The number of ether oxygens (including phenoxy) is 1. The number of aromatic nitrogens is 3. The van der Waals surface area contributed by atoms with Gasteiger partial charge in [-0.15, -0.1) is 0 Å². The van der Waals surface area contributed by atoms with Gasteiger partial charge in [-0.05, 0) is 32.9 Å². The van der Waals surface area contributed by atoms with Gasteiger partial charge in [0.05, 0.1) is 10.7 Å². The Labute approximate surface area is 116 Å². The highest BCUT2D eigenvalue weighted by Gasteiger charge is 2.20. The molecular weight excluding hydrogens is 266 g/mol. The highest BCUT2D eigenvalue weighted by molar-refractivity contribution is 6.30. The molecule has 0 aliphatic heterocycles. The lowest BCUT2D eigenvalue weighted by Gasteiger charge is -2.20. The summed E-state index contributed by atoms with van der Waals surface area (Å²) in [5.74, 6) is 0.417. The summed E-state index contributed by atoms with van der Waals surface area (Å²) in [6.45, 7) is 5.44. The summed E-state index contributed by atoms with van der Waals surface area (Å²) in [6.07, 6.45) is 4.11. The van der Waals surface area contributed by atoms with Crippen LogP contribution in [0.2, 0.25) is 5.02 Å². The molecule has 2 heterocycles. The fourth-order valence-corrected chi connectivity index (χ4v) is 1.58. The van der Waals surface area contributed by atoms with Crippen molar-refractivity contribution in [3.63, 3.8) is 0 Å². The van der Waals surface area contributed by atoms with Crippen LogP contribution in [0.5, 0.6) is 0 Å². The Bertz CT molecular complexity index is 585. The van der Waals surface area contributed by atoms with Crippen molar-refractivity contribution in [2.45, 2.75) is 26.4 Å². The van der Waals surface area contributed by atoms with Crippen LogP contribution in [0.1, 0.15) is 20.8 Å². The minimum absolute atomic E-state index is 0.417. The lowest BCUT2D eigenvalue weighted by atomic mass is 10.2. The summed E-state index contributed by atoms with van der Waals surface area (Å²) in [6, 6.07) is 3.48. The quantitative estimate of drug-likeness (QED) is 0.803. The lowest BCUT2D eigenvalue weighted by Crippen LogP contribution is -2.27. The molecule has 0 bridgehead atoms. The van der Waals surface area contributed by atoms with E-state index < -0.39 is 11.7 Å². The summed E-state index contributed by atoms with van der Waals surface area (Å²) >= 11 is 5.74. The Hall–Kier alpha value is -1.88.